The minimum absolute atomic E-state index is 0.0422. The van der Waals surface area contributed by atoms with Crippen LogP contribution < -0.4 is 10.7 Å². The predicted octanol–water partition coefficient (Wildman–Crippen LogP) is 2.87. The van der Waals surface area contributed by atoms with E-state index < -0.39 is 11.4 Å². The number of rotatable bonds is 8. The van der Waals surface area contributed by atoms with Crippen molar-refractivity contribution in [2.24, 2.45) is 0 Å². The van der Waals surface area contributed by atoms with E-state index in [2.05, 4.69) is 27.4 Å². The Hall–Kier alpha value is -3.75. The van der Waals surface area contributed by atoms with Crippen molar-refractivity contribution in [2.75, 3.05) is 31.6 Å². The van der Waals surface area contributed by atoms with Gasteiger partial charge in [0.2, 0.25) is 17.3 Å². The summed E-state index contributed by atoms with van der Waals surface area (Å²) in [5.74, 6) is -0.0564. The van der Waals surface area contributed by atoms with Gasteiger partial charge in [-0.05, 0) is 62.3 Å². The molecule has 0 atom stereocenters. The topological polar surface area (TPSA) is 106 Å². The van der Waals surface area contributed by atoms with Crippen molar-refractivity contribution in [3.8, 4) is 5.69 Å². The summed E-state index contributed by atoms with van der Waals surface area (Å²) in [6.45, 7) is 4.00. The molecule has 9 nitrogen and oxygen atoms in total. The zero-order valence-electron chi connectivity index (χ0n) is 19.9. The molecule has 3 heterocycles. The van der Waals surface area contributed by atoms with Crippen LogP contribution in [0.4, 0.5) is 5.95 Å². The summed E-state index contributed by atoms with van der Waals surface area (Å²) in [5, 5.41) is 3.46. The molecule has 9 heteroatoms. The van der Waals surface area contributed by atoms with Crippen LogP contribution in [-0.2, 0) is 22.4 Å². The van der Waals surface area contributed by atoms with Crippen LogP contribution in [0.25, 0.3) is 16.7 Å². The maximum absolute atomic E-state index is 13.1. The molecule has 1 saturated heterocycles. The minimum Gasteiger partial charge on any atom is -0.462 e. The molecular formula is C26H29N5O4. The van der Waals surface area contributed by atoms with E-state index in [0.717, 1.165) is 44.3 Å². The van der Waals surface area contributed by atoms with Crippen LogP contribution in [0.5, 0.6) is 0 Å². The second kappa shape index (κ2) is 9.85. The number of likely N-dealkylation sites (tertiary alicyclic amines) is 1. The smallest absolute Gasteiger partial charge is 0.343 e. The van der Waals surface area contributed by atoms with Gasteiger partial charge in [-0.25, -0.2) is 9.78 Å². The van der Waals surface area contributed by atoms with Crippen LogP contribution >= 0.6 is 0 Å². The molecule has 0 radical (unpaired) electrons. The highest BCUT2D eigenvalue weighted by atomic mass is 16.5. The van der Waals surface area contributed by atoms with E-state index in [1.165, 1.54) is 23.5 Å². The molecule has 0 spiro atoms. The van der Waals surface area contributed by atoms with Gasteiger partial charge in [-0.1, -0.05) is 6.07 Å². The number of carbonyl (C=O) groups excluding carboxylic acids is 2. The van der Waals surface area contributed by atoms with Crippen molar-refractivity contribution in [1.82, 2.24) is 19.4 Å². The van der Waals surface area contributed by atoms with Crippen molar-refractivity contribution in [1.29, 1.82) is 0 Å². The summed E-state index contributed by atoms with van der Waals surface area (Å²) in [5.41, 5.74) is 3.37. The molecule has 1 aromatic carbocycles. The lowest BCUT2D eigenvalue weighted by molar-refractivity contribution is -0.127. The van der Waals surface area contributed by atoms with E-state index in [0.29, 0.717) is 31.1 Å². The second-order valence-electron chi connectivity index (χ2n) is 8.96. The molecule has 1 aliphatic heterocycles. The maximum Gasteiger partial charge on any atom is 0.343 e. The van der Waals surface area contributed by atoms with Crippen molar-refractivity contribution in [3.05, 3.63) is 57.5 Å². The van der Waals surface area contributed by atoms with Crippen LogP contribution in [0.1, 0.15) is 54.1 Å². The normalized spacial score (nSPS) is 15.0. The first-order chi connectivity index (χ1) is 17.0. The Labute approximate surface area is 203 Å². The fourth-order valence-corrected chi connectivity index (χ4v) is 4.87. The van der Waals surface area contributed by atoms with Gasteiger partial charge in [-0.3, -0.25) is 9.59 Å². The van der Waals surface area contributed by atoms with E-state index in [1.54, 1.807) is 11.5 Å². The fourth-order valence-electron chi connectivity index (χ4n) is 4.87. The number of fused-ring (bicyclic) bond motifs is 2. The van der Waals surface area contributed by atoms with Crippen LogP contribution in [0.3, 0.4) is 0 Å². The molecule has 1 amide bonds. The number of pyridine rings is 1. The van der Waals surface area contributed by atoms with Gasteiger partial charge < -0.3 is 19.5 Å². The molecule has 1 fully saturated rings. The van der Waals surface area contributed by atoms with Gasteiger partial charge >= 0.3 is 5.97 Å². The third-order valence-electron chi connectivity index (χ3n) is 6.66. The Morgan fingerprint density at radius 3 is 2.80 bits per heavy atom. The molecule has 35 heavy (non-hydrogen) atoms. The first-order valence-corrected chi connectivity index (χ1v) is 12.3. The summed E-state index contributed by atoms with van der Waals surface area (Å²) in [4.78, 5) is 48.3. The Bertz CT molecular complexity index is 1350. The van der Waals surface area contributed by atoms with Crippen molar-refractivity contribution >= 4 is 28.9 Å². The molecule has 1 aliphatic carbocycles. The number of hydrogen-bond donors (Lipinski definition) is 1. The Morgan fingerprint density at radius 2 is 2.00 bits per heavy atom. The van der Waals surface area contributed by atoms with Gasteiger partial charge in [0.25, 0.3) is 0 Å². The van der Waals surface area contributed by atoms with E-state index in [4.69, 9.17) is 4.74 Å². The van der Waals surface area contributed by atoms with E-state index in [-0.39, 0.29) is 23.5 Å². The highest BCUT2D eigenvalue weighted by Crippen LogP contribution is 2.26. The van der Waals surface area contributed by atoms with E-state index in [1.807, 2.05) is 11.0 Å². The van der Waals surface area contributed by atoms with Gasteiger partial charge in [0.05, 0.1) is 12.0 Å². The number of nitrogens with zero attached hydrogens (tertiary/aromatic N) is 4. The summed E-state index contributed by atoms with van der Waals surface area (Å²) >= 11 is 0. The summed E-state index contributed by atoms with van der Waals surface area (Å²) < 4.78 is 6.90. The van der Waals surface area contributed by atoms with Crippen LogP contribution in [0.2, 0.25) is 0 Å². The largest absolute Gasteiger partial charge is 0.462 e. The lowest BCUT2D eigenvalue weighted by Gasteiger charge is -2.16. The zero-order chi connectivity index (χ0) is 24.4. The molecule has 2 aliphatic rings. The average molecular weight is 476 g/mol. The van der Waals surface area contributed by atoms with Crippen LogP contribution in [0.15, 0.2) is 35.4 Å². The molecule has 1 N–H and O–H groups in total. The van der Waals surface area contributed by atoms with Gasteiger partial charge in [-0.15, -0.1) is 0 Å². The van der Waals surface area contributed by atoms with Crippen molar-refractivity contribution < 1.29 is 14.3 Å². The number of aryl methyl sites for hydroxylation is 2. The Morgan fingerprint density at radius 1 is 1.14 bits per heavy atom. The number of aromatic nitrogens is 3. The lowest BCUT2D eigenvalue weighted by Crippen LogP contribution is -2.27. The molecular weight excluding hydrogens is 446 g/mol. The highest BCUT2D eigenvalue weighted by Gasteiger charge is 2.21. The fraction of sp³-hybridized carbons (Fsp3) is 0.423. The first kappa shape index (κ1) is 23.0. The number of esters is 1. The second-order valence-corrected chi connectivity index (χ2v) is 8.96. The number of anilines is 1. The molecule has 5 rings (SSSR count). The highest BCUT2D eigenvalue weighted by molar-refractivity contribution is 5.93. The molecule has 0 unspecified atom stereocenters. The van der Waals surface area contributed by atoms with Gasteiger partial charge in [0, 0.05) is 44.1 Å². The number of hydrogen-bond acceptors (Lipinski definition) is 7. The number of amides is 1. The SMILES string of the molecule is CCOC(=O)c1cn(-c2ccc3c(c2)CCC3)c2nc(NCCCN3CCCC3=O)ncc2c1=O. The third kappa shape index (κ3) is 4.62. The maximum atomic E-state index is 13.1. The first-order valence-electron chi connectivity index (χ1n) is 12.3. The van der Waals surface area contributed by atoms with Crippen LogP contribution in [0, 0.1) is 0 Å². The standard InChI is InChI=1S/C26H29N5O4/c1-2-35-25(34)21-16-31(19-10-9-17-6-3-7-18(17)14-19)24-20(23(21)33)15-28-26(29-24)27-11-5-13-30-12-4-8-22(30)32/h9-10,14-16H,2-8,11-13H2,1H3,(H,27,28,29). The number of nitrogens with one attached hydrogen (secondary N) is 1. The molecule has 182 valence electrons. The molecule has 3 aromatic rings. The minimum atomic E-state index is -0.659. The van der Waals surface area contributed by atoms with E-state index in [9.17, 15) is 14.4 Å². The predicted molar refractivity (Wildman–Crippen MR) is 132 cm³/mol. The van der Waals surface area contributed by atoms with Crippen LogP contribution in [-0.4, -0.2) is 57.6 Å². The summed E-state index contributed by atoms with van der Waals surface area (Å²) in [6, 6.07) is 6.19. The van der Waals surface area contributed by atoms with E-state index >= 15 is 0 Å². The number of ether oxygens (including phenoxy) is 1. The van der Waals surface area contributed by atoms with Gasteiger partial charge in [0.15, 0.2) is 5.65 Å². The quantitative estimate of drug-likeness (QED) is 0.394. The number of benzene rings is 1. The number of carbonyl (C=O) groups is 2. The monoisotopic (exact) mass is 475 g/mol. The van der Waals surface area contributed by atoms with Gasteiger partial charge in [0.1, 0.15) is 5.56 Å². The lowest BCUT2D eigenvalue weighted by atomic mass is 10.1. The van der Waals surface area contributed by atoms with Gasteiger partial charge in [-0.2, -0.15) is 4.98 Å². The Balaban J connectivity index is 1.48. The molecule has 2 aromatic heterocycles. The van der Waals surface area contributed by atoms with Crippen molar-refractivity contribution in [2.45, 2.75) is 45.4 Å². The summed E-state index contributed by atoms with van der Waals surface area (Å²) in [6.07, 6.45) is 8.51. The van der Waals surface area contributed by atoms with Crippen molar-refractivity contribution in [3.63, 3.8) is 0 Å². The average Bonchev–Trinajstić information content (AvgIpc) is 3.50. The molecule has 0 saturated carbocycles. The third-order valence-corrected chi connectivity index (χ3v) is 6.66. The Kier molecular flexibility index (Phi) is 6.48. The summed E-state index contributed by atoms with van der Waals surface area (Å²) in [7, 11) is 0. The zero-order valence-corrected chi connectivity index (χ0v) is 19.9. The molecule has 0 bridgehead atoms.